The molecule has 3 N–H and O–H groups in total. The van der Waals surface area contributed by atoms with Crippen molar-refractivity contribution in [2.24, 2.45) is 0 Å². The van der Waals surface area contributed by atoms with Crippen LogP contribution in [0.15, 0.2) is 48.7 Å². The summed E-state index contributed by atoms with van der Waals surface area (Å²) in [5.74, 6) is 0.831. The number of nitrogens with zero attached hydrogens (tertiary/aromatic N) is 1. The summed E-state index contributed by atoms with van der Waals surface area (Å²) in [4.78, 5) is 24.9. The fourth-order valence-electron chi connectivity index (χ4n) is 3.73. The third kappa shape index (κ3) is 3.30. The van der Waals surface area contributed by atoms with E-state index in [0.717, 1.165) is 5.39 Å². The molecule has 8 nitrogen and oxygen atoms in total. The number of benzene rings is 2. The minimum absolute atomic E-state index is 0.000684. The van der Waals surface area contributed by atoms with Crippen molar-refractivity contribution in [2.45, 2.75) is 32.0 Å². The van der Waals surface area contributed by atoms with Crippen LogP contribution >= 0.6 is 0 Å². The quantitative estimate of drug-likeness (QED) is 0.544. The van der Waals surface area contributed by atoms with Gasteiger partial charge in [-0.2, -0.15) is 0 Å². The number of hydrogen-bond acceptors (Lipinski definition) is 5. The summed E-state index contributed by atoms with van der Waals surface area (Å²) in [6, 6.07) is 11.7. The molecule has 0 radical (unpaired) electrons. The molecule has 2 aromatic carbocycles. The normalized spacial score (nSPS) is 18.5. The molecule has 1 atom stereocenters. The average Bonchev–Trinajstić information content (AvgIpc) is 3.17. The second-order valence-electron chi connectivity index (χ2n) is 7.54. The number of imide groups is 1. The zero-order valence-corrected chi connectivity index (χ0v) is 16.9. The molecule has 0 saturated carbocycles. The topological polar surface area (TPSA) is 102 Å². The highest BCUT2D eigenvalue weighted by atomic mass is 16.5. The van der Waals surface area contributed by atoms with Gasteiger partial charge in [0.15, 0.2) is 11.4 Å². The number of hydrogen-bond donors (Lipinski definition) is 3. The van der Waals surface area contributed by atoms with Crippen LogP contribution in [0.5, 0.6) is 17.4 Å². The van der Waals surface area contributed by atoms with E-state index < -0.39 is 17.5 Å². The Morgan fingerprint density at radius 2 is 1.80 bits per heavy atom. The van der Waals surface area contributed by atoms with Crippen molar-refractivity contribution in [3.63, 3.8) is 0 Å². The largest absolute Gasteiger partial charge is 0.497 e. The Hall–Kier alpha value is -3.68. The van der Waals surface area contributed by atoms with E-state index in [9.17, 15) is 14.7 Å². The number of aromatic nitrogens is 1. The molecule has 30 heavy (non-hydrogen) atoms. The van der Waals surface area contributed by atoms with Gasteiger partial charge in [0.05, 0.1) is 19.8 Å². The number of rotatable bonds is 6. The molecule has 1 aliphatic rings. The monoisotopic (exact) mass is 409 g/mol. The fourth-order valence-corrected chi connectivity index (χ4v) is 3.73. The summed E-state index contributed by atoms with van der Waals surface area (Å²) >= 11 is 0. The Bertz CT molecular complexity index is 1120. The fraction of sp³-hybridized carbons (Fsp3) is 0.273. The molecule has 1 fully saturated rings. The molecular weight excluding hydrogens is 386 g/mol. The summed E-state index contributed by atoms with van der Waals surface area (Å²) in [5, 5.41) is 17.2. The highest BCUT2D eigenvalue weighted by Gasteiger charge is 2.48. The highest BCUT2D eigenvalue weighted by molar-refractivity contribution is 6.07. The first-order valence-corrected chi connectivity index (χ1v) is 9.59. The van der Waals surface area contributed by atoms with E-state index in [4.69, 9.17) is 9.47 Å². The average molecular weight is 409 g/mol. The third-order valence-corrected chi connectivity index (χ3v) is 5.13. The van der Waals surface area contributed by atoms with Gasteiger partial charge in [0.25, 0.3) is 5.91 Å². The second kappa shape index (κ2) is 7.29. The van der Waals surface area contributed by atoms with Crippen molar-refractivity contribution in [1.82, 2.24) is 15.2 Å². The van der Waals surface area contributed by atoms with Crippen molar-refractivity contribution < 1.29 is 24.2 Å². The summed E-state index contributed by atoms with van der Waals surface area (Å²) < 4.78 is 12.5. The number of nitrogens with one attached hydrogen (secondary N) is 2. The summed E-state index contributed by atoms with van der Waals surface area (Å²) in [6.45, 7) is 3.86. The van der Waals surface area contributed by atoms with E-state index in [1.165, 1.54) is 0 Å². The van der Waals surface area contributed by atoms with Crippen LogP contribution in [0, 0.1) is 0 Å². The zero-order valence-electron chi connectivity index (χ0n) is 16.9. The Morgan fingerprint density at radius 1 is 1.10 bits per heavy atom. The minimum atomic E-state index is -1.37. The maximum absolute atomic E-state index is 12.9. The highest BCUT2D eigenvalue weighted by Crippen LogP contribution is 2.35. The van der Waals surface area contributed by atoms with Crippen LogP contribution in [0.4, 0.5) is 4.79 Å². The van der Waals surface area contributed by atoms with Crippen molar-refractivity contribution in [2.75, 3.05) is 7.11 Å². The van der Waals surface area contributed by atoms with E-state index in [2.05, 4.69) is 10.6 Å². The Balaban J connectivity index is 1.75. The van der Waals surface area contributed by atoms with Gasteiger partial charge in [0.1, 0.15) is 11.5 Å². The lowest BCUT2D eigenvalue weighted by molar-refractivity contribution is -0.124. The van der Waals surface area contributed by atoms with E-state index in [1.807, 2.05) is 13.8 Å². The predicted octanol–water partition coefficient (Wildman–Crippen LogP) is 2.88. The summed E-state index contributed by atoms with van der Waals surface area (Å²) in [6.07, 6.45) is 1.74. The van der Waals surface area contributed by atoms with Crippen LogP contribution in [0.25, 0.3) is 10.8 Å². The number of amides is 3. The van der Waals surface area contributed by atoms with Gasteiger partial charge in [-0.15, -0.1) is 0 Å². The molecule has 0 bridgehead atoms. The second-order valence-corrected chi connectivity index (χ2v) is 7.54. The molecule has 0 spiro atoms. The molecule has 1 saturated heterocycles. The molecule has 1 aliphatic heterocycles. The van der Waals surface area contributed by atoms with Crippen LogP contribution in [-0.2, 0) is 16.9 Å². The first kappa shape index (κ1) is 19.6. The van der Waals surface area contributed by atoms with Gasteiger partial charge in [0.2, 0.25) is 0 Å². The van der Waals surface area contributed by atoms with Crippen molar-refractivity contribution in [3.05, 3.63) is 54.2 Å². The lowest BCUT2D eigenvalue weighted by Crippen LogP contribution is -2.47. The van der Waals surface area contributed by atoms with E-state index in [0.29, 0.717) is 22.4 Å². The van der Waals surface area contributed by atoms with Crippen molar-refractivity contribution in [1.29, 1.82) is 0 Å². The molecule has 1 unspecified atom stereocenters. The van der Waals surface area contributed by atoms with Gasteiger partial charge < -0.3 is 24.5 Å². The molecule has 3 amide bonds. The maximum atomic E-state index is 12.9. The number of carbonyl (C=O) groups excluding carboxylic acids is 2. The Kier molecular flexibility index (Phi) is 4.77. The lowest BCUT2D eigenvalue weighted by Gasteiger charge is -2.27. The van der Waals surface area contributed by atoms with Crippen molar-refractivity contribution in [3.8, 4) is 17.4 Å². The molecular formula is C22H23N3O5. The van der Waals surface area contributed by atoms with Crippen molar-refractivity contribution >= 4 is 22.7 Å². The summed E-state index contributed by atoms with van der Waals surface area (Å²) in [5.41, 5.74) is -0.791. The van der Waals surface area contributed by atoms with Gasteiger partial charge in [0, 0.05) is 17.0 Å². The molecule has 0 aliphatic carbocycles. The van der Waals surface area contributed by atoms with E-state index >= 15 is 0 Å². The maximum Gasteiger partial charge on any atom is 0.322 e. The van der Waals surface area contributed by atoms with Gasteiger partial charge in [-0.05, 0) is 49.7 Å². The molecule has 156 valence electrons. The zero-order chi connectivity index (χ0) is 21.5. The van der Waals surface area contributed by atoms with Gasteiger partial charge >= 0.3 is 6.03 Å². The number of fused-ring (bicyclic) bond motifs is 1. The Morgan fingerprint density at radius 3 is 2.40 bits per heavy atom. The predicted molar refractivity (Wildman–Crippen MR) is 111 cm³/mol. The SMILES string of the molecule is COc1ccc2c(O)n(CC3(c4ccc(OC(C)C)cc4)NC(=O)NC3=O)cc2c1. The van der Waals surface area contributed by atoms with Crippen LogP contribution in [-0.4, -0.2) is 34.8 Å². The number of ether oxygens (including phenoxy) is 2. The van der Waals surface area contributed by atoms with Gasteiger partial charge in [-0.1, -0.05) is 12.1 Å². The van der Waals surface area contributed by atoms with Gasteiger partial charge in [-0.25, -0.2) is 4.79 Å². The minimum Gasteiger partial charge on any atom is -0.497 e. The number of urea groups is 1. The Labute approximate surface area is 173 Å². The van der Waals surface area contributed by atoms with Gasteiger partial charge in [-0.3, -0.25) is 10.1 Å². The van der Waals surface area contributed by atoms with Crippen LogP contribution in [0.2, 0.25) is 0 Å². The smallest absolute Gasteiger partial charge is 0.322 e. The first-order chi connectivity index (χ1) is 14.3. The molecule has 8 heteroatoms. The first-order valence-electron chi connectivity index (χ1n) is 9.59. The number of methoxy groups -OCH3 is 1. The number of aromatic hydroxyl groups is 1. The molecule has 4 rings (SSSR count). The third-order valence-electron chi connectivity index (χ3n) is 5.13. The number of carbonyl (C=O) groups is 2. The van der Waals surface area contributed by atoms with E-state index in [-0.39, 0.29) is 18.5 Å². The molecule has 3 aromatic rings. The standard InChI is InChI=1S/C22H23N3O5/c1-13(2)30-16-6-4-15(5-7-16)22(20(27)23-21(28)24-22)12-25-11-14-10-17(29-3)8-9-18(14)19(25)26/h4-11,13,26H,12H2,1-3H3,(H2,23,24,27,28). The van der Waals surface area contributed by atoms with E-state index in [1.54, 1.807) is 60.3 Å². The lowest BCUT2D eigenvalue weighted by atomic mass is 9.89. The van der Waals surface area contributed by atoms with Crippen LogP contribution in [0.1, 0.15) is 19.4 Å². The van der Waals surface area contributed by atoms with Crippen LogP contribution < -0.4 is 20.1 Å². The summed E-state index contributed by atoms with van der Waals surface area (Å²) in [7, 11) is 1.57. The van der Waals surface area contributed by atoms with Crippen LogP contribution in [0.3, 0.4) is 0 Å². The molecule has 1 aromatic heterocycles. The molecule has 2 heterocycles.